The summed E-state index contributed by atoms with van der Waals surface area (Å²) in [4.78, 5) is 21.0. The summed E-state index contributed by atoms with van der Waals surface area (Å²) in [6.45, 7) is 0. The monoisotopic (exact) mass is 337 g/mol. The van der Waals surface area contributed by atoms with Crippen molar-refractivity contribution in [3.05, 3.63) is 62.6 Å². The molecule has 2 rings (SSSR count). The first-order chi connectivity index (χ1) is 9.47. The van der Waals surface area contributed by atoms with Crippen LogP contribution in [0.1, 0.15) is 10.4 Å². The van der Waals surface area contributed by atoms with Crippen molar-refractivity contribution < 1.29 is 19.6 Å². The van der Waals surface area contributed by atoms with Gasteiger partial charge in [0.2, 0.25) is 0 Å². The Morgan fingerprint density at radius 1 is 1.15 bits per heavy atom. The number of aromatic carboxylic acids is 1. The van der Waals surface area contributed by atoms with E-state index < -0.39 is 22.1 Å². The predicted octanol–water partition coefficient (Wildman–Crippen LogP) is 3.85. The van der Waals surface area contributed by atoms with Crippen LogP contribution in [0.25, 0.3) is 0 Å². The normalized spacial score (nSPS) is 10.1. The number of nitro benzene ring substituents is 1. The molecule has 102 valence electrons. The average molecular weight is 338 g/mol. The van der Waals surface area contributed by atoms with Gasteiger partial charge >= 0.3 is 5.97 Å². The van der Waals surface area contributed by atoms with E-state index in [4.69, 9.17) is 9.84 Å². The Balaban J connectivity index is 2.34. The average Bonchev–Trinajstić information content (AvgIpc) is 2.41. The molecule has 20 heavy (non-hydrogen) atoms. The van der Waals surface area contributed by atoms with Gasteiger partial charge in [0.15, 0.2) is 0 Å². The lowest BCUT2D eigenvalue weighted by atomic mass is 10.1. The number of carboxylic acid groups (broad SMARTS) is 1. The molecule has 0 atom stereocenters. The third-order valence-electron chi connectivity index (χ3n) is 2.44. The third-order valence-corrected chi connectivity index (χ3v) is 2.97. The second-order valence-corrected chi connectivity index (χ2v) is 4.71. The second-order valence-electron chi connectivity index (χ2n) is 3.80. The van der Waals surface area contributed by atoms with Gasteiger partial charge in [-0.3, -0.25) is 10.1 Å². The maximum atomic E-state index is 11.0. The van der Waals surface area contributed by atoms with Crippen LogP contribution in [-0.4, -0.2) is 16.0 Å². The van der Waals surface area contributed by atoms with Crippen molar-refractivity contribution >= 4 is 27.6 Å². The number of benzene rings is 2. The highest BCUT2D eigenvalue weighted by molar-refractivity contribution is 9.10. The molecule has 1 N–H and O–H groups in total. The van der Waals surface area contributed by atoms with Crippen molar-refractivity contribution in [3.8, 4) is 11.5 Å². The summed E-state index contributed by atoms with van der Waals surface area (Å²) in [5, 5.41) is 19.7. The Kier molecular flexibility index (Phi) is 3.99. The molecule has 7 heteroatoms. The zero-order chi connectivity index (χ0) is 14.7. The summed E-state index contributed by atoms with van der Waals surface area (Å²) in [6.07, 6.45) is 0. The fourth-order valence-corrected chi connectivity index (χ4v) is 1.81. The van der Waals surface area contributed by atoms with Gasteiger partial charge in [-0.25, -0.2) is 4.79 Å². The highest BCUT2D eigenvalue weighted by Crippen LogP contribution is 2.28. The molecule has 0 saturated carbocycles. The van der Waals surface area contributed by atoms with Gasteiger partial charge in [0, 0.05) is 16.6 Å². The zero-order valence-electron chi connectivity index (χ0n) is 9.95. The lowest BCUT2D eigenvalue weighted by Crippen LogP contribution is -2.02. The van der Waals surface area contributed by atoms with Crippen LogP contribution in [0.3, 0.4) is 0 Å². The molecule has 0 heterocycles. The van der Waals surface area contributed by atoms with Crippen molar-refractivity contribution in [3.63, 3.8) is 0 Å². The predicted molar refractivity (Wildman–Crippen MR) is 74.3 cm³/mol. The van der Waals surface area contributed by atoms with Crippen LogP contribution in [0.5, 0.6) is 11.5 Å². The molecule has 0 fully saturated rings. The highest BCUT2D eigenvalue weighted by Gasteiger charge is 2.20. The summed E-state index contributed by atoms with van der Waals surface area (Å²) in [5.74, 6) is -0.660. The molecule has 6 nitrogen and oxygen atoms in total. The van der Waals surface area contributed by atoms with Gasteiger partial charge < -0.3 is 9.84 Å². The number of hydrogen-bond donors (Lipinski definition) is 1. The Hall–Kier alpha value is -2.41. The van der Waals surface area contributed by atoms with Crippen LogP contribution in [0.15, 0.2) is 46.9 Å². The smallest absolute Gasteiger partial charge is 0.342 e. The fourth-order valence-electron chi connectivity index (χ4n) is 1.55. The number of carbonyl (C=O) groups is 1. The van der Waals surface area contributed by atoms with Crippen LogP contribution in [-0.2, 0) is 0 Å². The Labute approximate surface area is 121 Å². The first-order valence-corrected chi connectivity index (χ1v) is 6.22. The number of halogens is 1. The Morgan fingerprint density at radius 2 is 1.75 bits per heavy atom. The molecule has 0 aromatic heterocycles. The summed E-state index contributed by atoms with van der Waals surface area (Å²) < 4.78 is 6.33. The van der Waals surface area contributed by atoms with Crippen LogP contribution in [0.2, 0.25) is 0 Å². The molecule has 0 aliphatic heterocycles. The summed E-state index contributed by atoms with van der Waals surface area (Å²) in [7, 11) is 0. The standard InChI is InChI=1S/C13H8BrNO5/c14-8-1-3-9(4-2-8)20-10-5-6-12(15(18)19)11(7-10)13(16)17/h1-7H,(H,16,17). The molecule has 2 aromatic carbocycles. The minimum Gasteiger partial charge on any atom is -0.477 e. The van der Waals surface area contributed by atoms with Crippen LogP contribution in [0.4, 0.5) is 5.69 Å². The molecule has 0 bridgehead atoms. The lowest BCUT2D eigenvalue weighted by molar-refractivity contribution is -0.385. The minimum atomic E-state index is -1.38. The number of nitrogens with zero attached hydrogens (tertiary/aromatic N) is 1. The van der Waals surface area contributed by atoms with E-state index in [1.165, 1.54) is 6.07 Å². The molecule has 0 saturated heterocycles. The van der Waals surface area contributed by atoms with E-state index in [1.807, 2.05) is 0 Å². The fraction of sp³-hybridized carbons (Fsp3) is 0. The number of nitro groups is 1. The number of hydrogen-bond acceptors (Lipinski definition) is 4. The van der Waals surface area contributed by atoms with E-state index in [9.17, 15) is 14.9 Å². The largest absolute Gasteiger partial charge is 0.477 e. The van der Waals surface area contributed by atoms with Crippen molar-refractivity contribution in [1.82, 2.24) is 0 Å². The van der Waals surface area contributed by atoms with Gasteiger partial charge in [-0.2, -0.15) is 0 Å². The van der Waals surface area contributed by atoms with Crippen molar-refractivity contribution in [2.75, 3.05) is 0 Å². The van der Waals surface area contributed by atoms with Gasteiger partial charge in [-0.15, -0.1) is 0 Å². The van der Waals surface area contributed by atoms with E-state index in [2.05, 4.69) is 15.9 Å². The third kappa shape index (κ3) is 3.12. The first-order valence-electron chi connectivity index (χ1n) is 5.42. The van der Waals surface area contributed by atoms with Crippen LogP contribution < -0.4 is 4.74 Å². The molecular formula is C13H8BrNO5. The van der Waals surface area contributed by atoms with Gasteiger partial charge in [0.1, 0.15) is 17.1 Å². The van der Waals surface area contributed by atoms with E-state index >= 15 is 0 Å². The Bertz CT molecular complexity index is 669. The van der Waals surface area contributed by atoms with Crippen molar-refractivity contribution in [2.45, 2.75) is 0 Å². The van der Waals surface area contributed by atoms with Gasteiger partial charge in [0.05, 0.1) is 4.92 Å². The van der Waals surface area contributed by atoms with E-state index in [1.54, 1.807) is 24.3 Å². The van der Waals surface area contributed by atoms with Gasteiger partial charge in [-0.05, 0) is 30.3 Å². The summed E-state index contributed by atoms with van der Waals surface area (Å²) in [6, 6.07) is 10.5. The summed E-state index contributed by atoms with van der Waals surface area (Å²) >= 11 is 3.28. The number of carboxylic acids is 1. The maximum absolute atomic E-state index is 11.0. The molecule has 0 unspecified atom stereocenters. The van der Waals surface area contributed by atoms with Crippen LogP contribution >= 0.6 is 15.9 Å². The van der Waals surface area contributed by atoms with Crippen molar-refractivity contribution in [2.24, 2.45) is 0 Å². The maximum Gasteiger partial charge on any atom is 0.342 e. The number of rotatable bonds is 4. The molecule has 2 aromatic rings. The Morgan fingerprint density at radius 3 is 2.30 bits per heavy atom. The highest BCUT2D eigenvalue weighted by atomic mass is 79.9. The molecule has 0 aliphatic carbocycles. The number of ether oxygens (including phenoxy) is 1. The van der Waals surface area contributed by atoms with E-state index in [0.717, 1.165) is 16.6 Å². The topological polar surface area (TPSA) is 89.7 Å². The molecule has 0 spiro atoms. The zero-order valence-corrected chi connectivity index (χ0v) is 11.5. The minimum absolute atomic E-state index is 0.218. The second kappa shape index (κ2) is 5.70. The molecular weight excluding hydrogens is 330 g/mol. The van der Waals surface area contributed by atoms with Gasteiger partial charge in [-0.1, -0.05) is 15.9 Å². The lowest BCUT2D eigenvalue weighted by Gasteiger charge is -2.06. The quantitative estimate of drug-likeness (QED) is 0.676. The molecule has 0 amide bonds. The van der Waals surface area contributed by atoms with Crippen molar-refractivity contribution in [1.29, 1.82) is 0 Å². The molecule has 0 radical (unpaired) electrons. The SMILES string of the molecule is O=C(O)c1cc(Oc2ccc(Br)cc2)ccc1[N+](=O)[O-]. The van der Waals surface area contributed by atoms with E-state index in [0.29, 0.717) is 5.75 Å². The van der Waals surface area contributed by atoms with Gasteiger partial charge in [0.25, 0.3) is 5.69 Å². The first kappa shape index (κ1) is 14.0. The van der Waals surface area contributed by atoms with E-state index in [-0.39, 0.29) is 5.75 Å². The summed E-state index contributed by atoms with van der Waals surface area (Å²) in [5.41, 5.74) is -0.884. The van der Waals surface area contributed by atoms with Crippen LogP contribution in [0, 0.1) is 10.1 Å². The molecule has 0 aliphatic rings.